The first kappa shape index (κ1) is 14.8. The van der Waals surface area contributed by atoms with E-state index in [9.17, 15) is 4.79 Å². The number of hydrogen-bond donors (Lipinski definition) is 2. The molecule has 3 rings (SSSR count). The Labute approximate surface area is 130 Å². The van der Waals surface area contributed by atoms with Gasteiger partial charge in [0, 0.05) is 12.6 Å². The van der Waals surface area contributed by atoms with Crippen molar-refractivity contribution in [1.82, 2.24) is 5.32 Å². The summed E-state index contributed by atoms with van der Waals surface area (Å²) in [5, 5.41) is 2.90. The lowest BCUT2D eigenvalue weighted by molar-refractivity contribution is -0.134. The molecule has 0 fully saturated rings. The topological polar surface area (TPSA) is 64.3 Å². The zero-order valence-electron chi connectivity index (χ0n) is 12.4. The largest absolute Gasteiger partial charge is 0.363 e. The first-order valence-electron chi connectivity index (χ1n) is 7.53. The van der Waals surface area contributed by atoms with Crippen molar-refractivity contribution in [3.63, 3.8) is 0 Å². The summed E-state index contributed by atoms with van der Waals surface area (Å²) < 4.78 is 5.65. The Balaban J connectivity index is 1.64. The highest BCUT2D eigenvalue weighted by Crippen LogP contribution is 2.27. The quantitative estimate of drug-likeness (QED) is 0.908. The number of hydrogen-bond acceptors (Lipinski definition) is 3. The van der Waals surface area contributed by atoms with Crippen LogP contribution in [0.4, 0.5) is 0 Å². The van der Waals surface area contributed by atoms with Crippen LogP contribution in [-0.4, -0.2) is 19.1 Å². The van der Waals surface area contributed by atoms with Gasteiger partial charge < -0.3 is 15.8 Å². The van der Waals surface area contributed by atoms with Crippen LogP contribution in [0.1, 0.15) is 28.8 Å². The second-order valence-corrected chi connectivity index (χ2v) is 5.46. The molecule has 1 amide bonds. The van der Waals surface area contributed by atoms with Crippen molar-refractivity contribution in [3.8, 4) is 0 Å². The highest BCUT2D eigenvalue weighted by Gasteiger charge is 2.27. The Morgan fingerprint density at radius 3 is 2.73 bits per heavy atom. The molecule has 4 heteroatoms. The highest BCUT2D eigenvalue weighted by molar-refractivity contribution is 5.82. The molecule has 22 heavy (non-hydrogen) atoms. The number of benzene rings is 2. The molecule has 0 saturated carbocycles. The predicted molar refractivity (Wildman–Crippen MR) is 85.2 cm³/mol. The number of fused-ring (bicyclic) bond motifs is 1. The van der Waals surface area contributed by atoms with Gasteiger partial charge in [-0.1, -0.05) is 54.6 Å². The van der Waals surface area contributed by atoms with Gasteiger partial charge >= 0.3 is 0 Å². The number of amides is 1. The average Bonchev–Trinajstić information content (AvgIpc) is 2.59. The Morgan fingerprint density at radius 2 is 1.91 bits per heavy atom. The minimum absolute atomic E-state index is 0.126. The van der Waals surface area contributed by atoms with E-state index in [0.29, 0.717) is 13.2 Å². The van der Waals surface area contributed by atoms with Crippen LogP contribution in [0.3, 0.4) is 0 Å². The van der Waals surface area contributed by atoms with Crippen LogP contribution in [0.15, 0.2) is 54.6 Å². The maximum atomic E-state index is 12.4. The molecule has 0 bridgehead atoms. The summed E-state index contributed by atoms with van der Waals surface area (Å²) in [6.07, 6.45) is 0.316. The van der Waals surface area contributed by atoms with Crippen LogP contribution in [0.25, 0.3) is 0 Å². The number of nitrogens with two attached hydrogens (primary N) is 1. The third-order valence-electron chi connectivity index (χ3n) is 3.96. The molecule has 3 N–H and O–H groups in total. The van der Waals surface area contributed by atoms with E-state index in [1.54, 1.807) is 0 Å². The molecule has 0 spiro atoms. The van der Waals surface area contributed by atoms with Gasteiger partial charge in [0.15, 0.2) is 6.10 Å². The van der Waals surface area contributed by atoms with Crippen molar-refractivity contribution in [2.45, 2.75) is 18.6 Å². The van der Waals surface area contributed by atoms with Crippen molar-refractivity contribution in [3.05, 3.63) is 71.3 Å². The molecule has 4 nitrogen and oxygen atoms in total. The van der Waals surface area contributed by atoms with Gasteiger partial charge in [0.1, 0.15) is 0 Å². The van der Waals surface area contributed by atoms with Gasteiger partial charge in [0.25, 0.3) is 5.91 Å². The first-order chi connectivity index (χ1) is 10.8. The molecule has 0 saturated heterocycles. The molecule has 1 aliphatic heterocycles. The van der Waals surface area contributed by atoms with E-state index < -0.39 is 6.10 Å². The molecule has 2 unspecified atom stereocenters. The SMILES string of the molecule is NC(CNC(=O)C1OCCc2ccccc21)c1ccccc1. The molecule has 1 aliphatic rings. The fraction of sp³-hybridized carbons (Fsp3) is 0.278. The summed E-state index contributed by atoms with van der Waals surface area (Å²) in [6, 6.07) is 17.5. The van der Waals surface area contributed by atoms with Crippen LogP contribution in [0.5, 0.6) is 0 Å². The van der Waals surface area contributed by atoms with Crippen molar-refractivity contribution in [2.75, 3.05) is 13.2 Å². The normalized spacial score (nSPS) is 18.3. The van der Waals surface area contributed by atoms with Crippen LogP contribution in [0, 0.1) is 0 Å². The Kier molecular flexibility index (Phi) is 4.51. The van der Waals surface area contributed by atoms with Crippen LogP contribution in [0.2, 0.25) is 0 Å². The molecular weight excluding hydrogens is 276 g/mol. The van der Waals surface area contributed by atoms with Gasteiger partial charge in [-0.3, -0.25) is 4.79 Å². The van der Waals surface area contributed by atoms with Gasteiger partial charge in [-0.2, -0.15) is 0 Å². The molecule has 2 atom stereocenters. The fourth-order valence-corrected chi connectivity index (χ4v) is 2.73. The van der Waals surface area contributed by atoms with E-state index in [2.05, 4.69) is 5.32 Å². The number of carbonyl (C=O) groups is 1. The van der Waals surface area contributed by atoms with Crippen LogP contribution in [-0.2, 0) is 16.0 Å². The monoisotopic (exact) mass is 296 g/mol. The summed E-state index contributed by atoms with van der Waals surface area (Å²) in [7, 11) is 0. The van der Waals surface area contributed by atoms with Gasteiger partial charge in [-0.25, -0.2) is 0 Å². The highest BCUT2D eigenvalue weighted by atomic mass is 16.5. The Morgan fingerprint density at radius 1 is 1.18 bits per heavy atom. The van der Waals surface area contributed by atoms with Crippen LogP contribution < -0.4 is 11.1 Å². The van der Waals surface area contributed by atoms with E-state index >= 15 is 0 Å². The number of rotatable bonds is 4. The zero-order chi connectivity index (χ0) is 15.4. The molecule has 2 aromatic rings. The Bertz CT molecular complexity index is 643. The second-order valence-electron chi connectivity index (χ2n) is 5.46. The lowest BCUT2D eigenvalue weighted by Crippen LogP contribution is -2.37. The summed E-state index contributed by atoms with van der Waals surface area (Å²) in [5.41, 5.74) is 9.26. The first-order valence-corrected chi connectivity index (χ1v) is 7.53. The van der Waals surface area contributed by atoms with E-state index in [-0.39, 0.29) is 11.9 Å². The fourth-order valence-electron chi connectivity index (χ4n) is 2.73. The second kappa shape index (κ2) is 6.73. The molecule has 0 aromatic heterocycles. The lowest BCUT2D eigenvalue weighted by Gasteiger charge is -2.25. The van der Waals surface area contributed by atoms with Gasteiger partial charge in [0.05, 0.1) is 6.61 Å². The third-order valence-corrected chi connectivity index (χ3v) is 3.96. The van der Waals surface area contributed by atoms with E-state index in [1.165, 1.54) is 5.56 Å². The number of carbonyl (C=O) groups excluding carboxylic acids is 1. The lowest BCUT2D eigenvalue weighted by atomic mass is 9.97. The van der Waals surface area contributed by atoms with E-state index in [1.807, 2.05) is 54.6 Å². The predicted octanol–water partition coefficient (Wildman–Crippen LogP) is 2.12. The number of ether oxygens (including phenoxy) is 1. The number of nitrogens with one attached hydrogen (secondary N) is 1. The average molecular weight is 296 g/mol. The summed E-state index contributed by atoms with van der Waals surface area (Å²) in [4.78, 5) is 12.4. The Hall–Kier alpha value is -2.17. The maximum absolute atomic E-state index is 12.4. The molecule has 1 heterocycles. The minimum Gasteiger partial charge on any atom is -0.363 e. The molecule has 0 aliphatic carbocycles. The summed E-state index contributed by atoms with van der Waals surface area (Å²) in [5.74, 6) is -0.126. The molecule has 0 radical (unpaired) electrons. The smallest absolute Gasteiger partial charge is 0.253 e. The zero-order valence-corrected chi connectivity index (χ0v) is 12.4. The molecule has 114 valence electrons. The van der Waals surface area contributed by atoms with Crippen molar-refractivity contribution in [1.29, 1.82) is 0 Å². The van der Waals surface area contributed by atoms with E-state index in [4.69, 9.17) is 10.5 Å². The van der Waals surface area contributed by atoms with Crippen molar-refractivity contribution < 1.29 is 9.53 Å². The molecular formula is C18H20N2O2. The van der Waals surface area contributed by atoms with Crippen molar-refractivity contribution in [2.24, 2.45) is 5.73 Å². The van der Waals surface area contributed by atoms with Crippen LogP contribution >= 0.6 is 0 Å². The van der Waals surface area contributed by atoms with Gasteiger partial charge in [-0.05, 0) is 23.1 Å². The summed E-state index contributed by atoms with van der Waals surface area (Å²) >= 11 is 0. The van der Waals surface area contributed by atoms with Gasteiger partial charge in [-0.15, -0.1) is 0 Å². The maximum Gasteiger partial charge on any atom is 0.253 e. The standard InChI is InChI=1S/C18H20N2O2/c19-16(14-7-2-1-3-8-14)12-20-18(21)17-15-9-5-4-6-13(15)10-11-22-17/h1-9,16-17H,10-12,19H2,(H,20,21). The molecule has 2 aromatic carbocycles. The minimum atomic E-state index is -0.534. The van der Waals surface area contributed by atoms with Crippen molar-refractivity contribution >= 4 is 5.91 Å². The van der Waals surface area contributed by atoms with E-state index in [0.717, 1.165) is 17.5 Å². The third kappa shape index (κ3) is 3.18. The summed E-state index contributed by atoms with van der Waals surface area (Å²) in [6.45, 7) is 0.963. The van der Waals surface area contributed by atoms with Gasteiger partial charge in [0.2, 0.25) is 0 Å².